The van der Waals surface area contributed by atoms with E-state index in [2.05, 4.69) is 5.32 Å². The Bertz CT molecular complexity index is 600. The first-order valence-corrected chi connectivity index (χ1v) is 7.24. The molecule has 1 aromatic carbocycles. The third-order valence-corrected chi connectivity index (χ3v) is 4.56. The van der Waals surface area contributed by atoms with Crippen LogP contribution in [-0.4, -0.2) is 24.2 Å². The van der Waals surface area contributed by atoms with E-state index in [0.717, 1.165) is 11.3 Å². The maximum atomic E-state index is 12.4. The summed E-state index contributed by atoms with van der Waals surface area (Å²) in [5.74, 6) is -1.15. The van der Waals surface area contributed by atoms with Gasteiger partial charge in [0.1, 0.15) is 11.7 Å². The molecular formula is C16H19NO4. The highest BCUT2D eigenvalue weighted by Crippen LogP contribution is 2.50. The molecular weight excluding hydrogens is 270 g/mol. The zero-order valence-electron chi connectivity index (χ0n) is 12.4. The largest absolute Gasteiger partial charge is 0.468 e. The molecule has 5 nitrogen and oxygen atoms in total. The fourth-order valence-electron chi connectivity index (χ4n) is 3.36. The third kappa shape index (κ3) is 1.99. The Hall–Kier alpha value is -2.04. The topological polar surface area (TPSA) is 64.6 Å². The molecule has 1 saturated heterocycles. The predicted molar refractivity (Wildman–Crippen MR) is 75.6 cm³/mol. The van der Waals surface area contributed by atoms with E-state index in [0.29, 0.717) is 0 Å². The lowest BCUT2D eigenvalue weighted by atomic mass is 9.68. The van der Waals surface area contributed by atoms with Crippen LogP contribution in [0.2, 0.25) is 0 Å². The van der Waals surface area contributed by atoms with Gasteiger partial charge in [-0.25, -0.2) is 0 Å². The van der Waals surface area contributed by atoms with Crippen molar-refractivity contribution in [2.45, 2.75) is 32.4 Å². The van der Waals surface area contributed by atoms with Gasteiger partial charge in [0, 0.05) is 11.8 Å². The average Bonchev–Trinajstić information content (AvgIpc) is 2.42. The van der Waals surface area contributed by atoms with Crippen molar-refractivity contribution in [2.75, 3.05) is 6.61 Å². The third-order valence-electron chi connectivity index (χ3n) is 4.56. The van der Waals surface area contributed by atoms with Crippen molar-refractivity contribution in [3.05, 3.63) is 29.8 Å². The van der Waals surface area contributed by atoms with Gasteiger partial charge < -0.3 is 14.8 Å². The quantitative estimate of drug-likeness (QED) is 0.666. The SMILES string of the molecule is CCOC(=O)[C@@H]1C(=O)N[C@@]2(C)Oc3ccccc3[C@H]1[C@H]2C. The number of hydrogen-bond acceptors (Lipinski definition) is 4. The highest BCUT2D eigenvalue weighted by atomic mass is 16.5. The summed E-state index contributed by atoms with van der Waals surface area (Å²) in [6.45, 7) is 5.84. The molecule has 0 aromatic heterocycles. The van der Waals surface area contributed by atoms with Gasteiger partial charge in [0.05, 0.1) is 6.61 Å². The molecule has 1 fully saturated rings. The van der Waals surface area contributed by atoms with Crippen LogP contribution >= 0.6 is 0 Å². The maximum absolute atomic E-state index is 12.4. The van der Waals surface area contributed by atoms with Crippen molar-refractivity contribution in [3.63, 3.8) is 0 Å². The van der Waals surface area contributed by atoms with E-state index >= 15 is 0 Å². The number of fused-ring (bicyclic) bond motifs is 4. The summed E-state index contributed by atoms with van der Waals surface area (Å²) < 4.78 is 11.1. The van der Waals surface area contributed by atoms with Gasteiger partial charge in [-0.2, -0.15) is 0 Å². The van der Waals surface area contributed by atoms with Crippen LogP contribution in [0.4, 0.5) is 0 Å². The van der Waals surface area contributed by atoms with Gasteiger partial charge in [-0.3, -0.25) is 9.59 Å². The van der Waals surface area contributed by atoms with E-state index in [1.807, 2.05) is 38.1 Å². The fraction of sp³-hybridized carbons (Fsp3) is 0.500. The van der Waals surface area contributed by atoms with Gasteiger partial charge >= 0.3 is 5.97 Å². The van der Waals surface area contributed by atoms with Crippen molar-refractivity contribution in [2.24, 2.45) is 11.8 Å². The molecule has 112 valence electrons. The molecule has 1 amide bonds. The van der Waals surface area contributed by atoms with Crippen LogP contribution in [0.15, 0.2) is 24.3 Å². The molecule has 0 aliphatic carbocycles. The zero-order chi connectivity index (χ0) is 15.2. The Morgan fingerprint density at radius 3 is 2.86 bits per heavy atom. The minimum absolute atomic E-state index is 0.0282. The molecule has 1 aromatic rings. The zero-order valence-corrected chi connectivity index (χ0v) is 12.4. The standard InChI is InChI=1S/C16H19NO4/c1-4-20-15(19)13-12-9(2)16(3,17-14(13)18)21-11-8-6-5-7-10(11)12/h5-9,12-13H,4H2,1-3H3,(H,17,18)/t9-,12-,13+,16+/m1/s1. The molecule has 2 heterocycles. The lowest BCUT2D eigenvalue weighted by Gasteiger charge is -2.51. The molecule has 0 unspecified atom stereocenters. The van der Waals surface area contributed by atoms with E-state index in [9.17, 15) is 9.59 Å². The summed E-state index contributed by atoms with van der Waals surface area (Å²) in [6.07, 6.45) is 0. The molecule has 4 atom stereocenters. The first-order chi connectivity index (χ1) is 9.98. The number of ether oxygens (including phenoxy) is 2. The van der Waals surface area contributed by atoms with E-state index < -0.39 is 17.6 Å². The average molecular weight is 289 g/mol. The molecule has 0 saturated carbocycles. The Kier molecular flexibility index (Phi) is 3.15. The lowest BCUT2D eigenvalue weighted by molar-refractivity contribution is -0.165. The molecule has 3 rings (SSSR count). The van der Waals surface area contributed by atoms with Gasteiger partial charge in [-0.15, -0.1) is 0 Å². The van der Waals surface area contributed by atoms with Gasteiger partial charge in [0.25, 0.3) is 0 Å². The molecule has 0 spiro atoms. The molecule has 2 aliphatic heterocycles. The summed E-state index contributed by atoms with van der Waals surface area (Å²) in [6, 6.07) is 7.56. The summed E-state index contributed by atoms with van der Waals surface area (Å²) in [4.78, 5) is 24.6. The van der Waals surface area contributed by atoms with Crippen LogP contribution in [0.1, 0.15) is 32.3 Å². The minimum Gasteiger partial charge on any atom is -0.468 e. The number of carbonyl (C=O) groups is 2. The number of carbonyl (C=O) groups excluding carboxylic acids is 2. The number of esters is 1. The second-order valence-corrected chi connectivity index (χ2v) is 5.78. The number of nitrogens with one attached hydrogen (secondary N) is 1. The molecule has 2 bridgehead atoms. The van der Waals surface area contributed by atoms with Crippen molar-refractivity contribution >= 4 is 11.9 Å². The highest BCUT2D eigenvalue weighted by Gasteiger charge is 2.56. The summed E-state index contributed by atoms with van der Waals surface area (Å²) in [7, 11) is 0. The van der Waals surface area contributed by atoms with Crippen LogP contribution in [0.25, 0.3) is 0 Å². The van der Waals surface area contributed by atoms with E-state index in [4.69, 9.17) is 9.47 Å². The van der Waals surface area contributed by atoms with Gasteiger partial charge in [0.2, 0.25) is 5.91 Å². The Morgan fingerprint density at radius 1 is 1.43 bits per heavy atom. The van der Waals surface area contributed by atoms with Gasteiger partial charge in [0.15, 0.2) is 5.72 Å². The first-order valence-electron chi connectivity index (χ1n) is 7.24. The number of rotatable bonds is 2. The van der Waals surface area contributed by atoms with E-state index in [-0.39, 0.29) is 24.3 Å². The fourth-order valence-corrected chi connectivity index (χ4v) is 3.36. The Balaban J connectivity index is 2.10. The van der Waals surface area contributed by atoms with Crippen molar-refractivity contribution in [1.29, 1.82) is 0 Å². The normalized spacial score (nSPS) is 33.5. The molecule has 1 N–H and O–H groups in total. The van der Waals surface area contributed by atoms with Crippen molar-refractivity contribution in [1.82, 2.24) is 5.32 Å². The number of benzene rings is 1. The van der Waals surface area contributed by atoms with Crippen LogP contribution in [0.5, 0.6) is 5.75 Å². The highest BCUT2D eigenvalue weighted by molar-refractivity contribution is 6.00. The van der Waals surface area contributed by atoms with Crippen molar-refractivity contribution in [3.8, 4) is 5.75 Å². The van der Waals surface area contributed by atoms with Gasteiger partial charge in [-0.05, 0) is 25.5 Å². The molecule has 21 heavy (non-hydrogen) atoms. The Labute approximate surface area is 123 Å². The monoisotopic (exact) mass is 289 g/mol. The number of hydrogen-bond donors (Lipinski definition) is 1. The smallest absolute Gasteiger partial charge is 0.319 e. The number of amides is 1. The van der Waals surface area contributed by atoms with Crippen LogP contribution in [-0.2, 0) is 14.3 Å². The predicted octanol–water partition coefficient (Wildman–Crippen LogP) is 1.82. The second kappa shape index (κ2) is 4.76. The molecule has 0 radical (unpaired) electrons. The summed E-state index contributed by atoms with van der Waals surface area (Å²) >= 11 is 0. The number of piperidine rings is 1. The molecule has 5 heteroatoms. The minimum atomic E-state index is -0.821. The van der Waals surface area contributed by atoms with Crippen molar-refractivity contribution < 1.29 is 19.1 Å². The molecule has 2 aliphatic rings. The van der Waals surface area contributed by atoms with Crippen LogP contribution < -0.4 is 10.1 Å². The lowest BCUT2D eigenvalue weighted by Crippen LogP contribution is -2.66. The maximum Gasteiger partial charge on any atom is 0.319 e. The van der Waals surface area contributed by atoms with Gasteiger partial charge in [-0.1, -0.05) is 25.1 Å². The van der Waals surface area contributed by atoms with Crippen LogP contribution in [0, 0.1) is 11.8 Å². The van der Waals surface area contributed by atoms with E-state index in [1.54, 1.807) is 6.92 Å². The summed E-state index contributed by atoms with van der Waals surface area (Å²) in [5.41, 5.74) is 0.106. The van der Waals surface area contributed by atoms with E-state index in [1.165, 1.54) is 0 Å². The summed E-state index contributed by atoms with van der Waals surface area (Å²) in [5, 5.41) is 2.84. The first kappa shape index (κ1) is 13.9. The van der Waals surface area contributed by atoms with Crippen LogP contribution in [0.3, 0.4) is 0 Å². The Morgan fingerprint density at radius 2 is 2.14 bits per heavy atom. The number of para-hydroxylation sites is 1. The second-order valence-electron chi connectivity index (χ2n) is 5.78.